The van der Waals surface area contributed by atoms with Crippen molar-refractivity contribution in [3.8, 4) is 0 Å². The summed E-state index contributed by atoms with van der Waals surface area (Å²) < 4.78 is 0. The molecule has 3 amide bonds. The Balaban J connectivity index is 1.57. The number of nitrogens with one attached hydrogen (secondary N) is 2. The zero-order valence-electron chi connectivity index (χ0n) is 14.0. The van der Waals surface area contributed by atoms with Crippen molar-refractivity contribution >= 4 is 17.6 Å². The summed E-state index contributed by atoms with van der Waals surface area (Å²) in [5.41, 5.74) is 0.787. The van der Waals surface area contributed by atoms with Crippen LogP contribution in [0.15, 0.2) is 30.3 Å². The van der Waals surface area contributed by atoms with Crippen molar-refractivity contribution < 1.29 is 9.59 Å². The summed E-state index contributed by atoms with van der Waals surface area (Å²) in [6.45, 7) is 4.65. The lowest BCUT2D eigenvalue weighted by atomic mass is 9.96. The molecular weight excluding hydrogens is 304 g/mol. The van der Waals surface area contributed by atoms with E-state index in [1.54, 1.807) is 4.90 Å². The number of hydrogen-bond donors (Lipinski definition) is 2. The van der Waals surface area contributed by atoms with Crippen LogP contribution in [0.2, 0.25) is 0 Å². The van der Waals surface area contributed by atoms with Gasteiger partial charge in [0.15, 0.2) is 0 Å². The average molecular weight is 330 g/mol. The third kappa shape index (κ3) is 4.26. The van der Waals surface area contributed by atoms with E-state index in [0.29, 0.717) is 13.1 Å². The lowest BCUT2D eigenvalue weighted by Gasteiger charge is -2.34. The number of anilines is 1. The molecule has 2 N–H and O–H groups in total. The fourth-order valence-corrected chi connectivity index (χ4v) is 3.41. The van der Waals surface area contributed by atoms with Crippen LogP contribution in [-0.2, 0) is 4.79 Å². The molecule has 1 atom stereocenters. The van der Waals surface area contributed by atoms with E-state index < -0.39 is 0 Å². The molecule has 2 saturated heterocycles. The highest BCUT2D eigenvalue weighted by Crippen LogP contribution is 2.20. The van der Waals surface area contributed by atoms with E-state index >= 15 is 0 Å². The predicted octanol–water partition coefficient (Wildman–Crippen LogP) is 1.75. The largest absolute Gasteiger partial charge is 0.341 e. The molecule has 2 aliphatic rings. The van der Waals surface area contributed by atoms with Crippen molar-refractivity contribution in [2.75, 3.05) is 44.6 Å². The minimum atomic E-state index is -0.115. The molecule has 0 bridgehead atoms. The van der Waals surface area contributed by atoms with Crippen LogP contribution in [0, 0.1) is 5.92 Å². The van der Waals surface area contributed by atoms with E-state index in [4.69, 9.17) is 0 Å². The quantitative estimate of drug-likeness (QED) is 0.868. The number of rotatable bonds is 2. The van der Waals surface area contributed by atoms with Crippen LogP contribution in [-0.4, -0.2) is 61.0 Å². The van der Waals surface area contributed by atoms with Gasteiger partial charge in [0.1, 0.15) is 0 Å². The molecule has 24 heavy (non-hydrogen) atoms. The molecule has 6 nitrogen and oxygen atoms in total. The van der Waals surface area contributed by atoms with Crippen LogP contribution in [0.4, 0.5) is 10.5 Å². The Morgan fingerprint density at radius 1 is 1.00 bits per heavy atom. The van der Waals surface area contributed by atoms with E-state index in [0.717, 1.165) is 51.1 Å². The second kappa shape index (κ2) is 8.15. The maximum atomic E-state index is 12.8. The lowest BCUT2D eigenvalue weighted by molar-refractivity contribution is -0.136. The summed E-state index contributed by atoms with van der Waals surface area (Å²) in [5.74, 6) is 0.134. The molecule has 0 aromatic heterocycles. The third-order valence-electron chi connectivity index (χ3n) is 4.73. The van der Waals surface area contributed by atoms with Gasteiger partial charge in [-0.15, -0.1) is 0 Å². The second-order valence-electron chi connectivity index (χ2n) is 6.51. The summed E-state index contributed by atoms with van der Waals surface area (Å²) in [6.07, 6.45) is 2.75. The van der Waals surface area contributed by atoms with Gasteiger partial charge in [0.2, 0.25) is 5.91 Å². The van der Waals surface area contributed by atoms with Crippen molar-refractivity contribution in [2.24, 2.45) is 5.92 Å². The molecule has 0 spiro atoms. The fourth-order valence-electron chi connectivity index (χ4n) is 3.41. The van der Waals surface area contributed by atoms with Crippen molar-refractivity contribution in [3.63, 3.8) is 0 Å². The van der Waals surface area contributed by atoms with Gasteiger partial charge >= 0.3 is 6.03 Å². The van der Waals surface area contributed by atoms with Gasteiger partial charge in [-0.1, -0.05) is 18.2 Å². The molecule has 1 aromatic carbocycles. The van der Waals surface area contributed by atoms with Gasteiger partial charge in [0.25, 0.3) is 0 Å². The summed E-state index contributed by atoms with van der Waals surface area (Å²) >= 11 is 0. The molecule has 0 radical (unpaired) electrons. The zero-order chi connectivity index (χ0) is 16.8. The van der Waals surface area contributed by atoms with Gasteiger partial charge < -0.3 is 20.4 Å². The number of benzene rings is 1. The molecule has 130 valence electrons. The Morgan fingerprint density at radius 2 is 1.79 bits per heavy atom. The summed E-state index contributed by atoms with van der Waals surface area (Å²) in [7, 11) is 0. The first-order valence-electron chi connectivity index (χ1n) is 8.84. The Kier molecular flexibility index (Phi) is 5.69. The molecule has 2 heterocycles. The van der Waals surface area contributed by atoms with E-state index in [2.05, 4.69) is 10.6 Å². The molecular formula is C18H26N4O2. The number of likely N-dealkylation sites (tertiary alicyclic amines) is 1. The predicted molar refractivity (Wildman–Crippen MR) is 93.8 cm³/mol. The molecule has 6 heteroatoms. The first-order valence-corrected chi connectivity index (χ1v) is 8.84. The Hall–Kier alpha value is -2.08. The van der Waals surface area contributed by atoms with Crippen molar-refractivity contribution in [3.05, 3.63) is 30.3 Å². The van der Waals surface area contributed by atoms with Gasteiger partial charge in [-0.2, -0.15) is 0 Å². The maximum absolute atomic E-state index is 12.8. The van der Waals surface area contributed by atoms with E-state index in [1.165, 1.54) is 0 Å². The summed E-state index contributed by atoms with van der Waals surface area (Å²) in [6, 6.07) is 9.33. The highest BCUT2D eigenvalue weighted by Gasteiger charge is 2.31. The zero-order valence-corrected chi connectivity index (χ0v) is 14.0. The number of piperidine rings is 1. The number of carbonyl (C=O) groups excluding carboxylic acids is 2. The minimum Gasteiger partial charge on any atom is -0.341 e. The number of urea groups is 1. The van der Waals surface area contributed by atoms with E-state index in [1.807, 2.05) is 35.2 Å². The van der Waals surface area contributed by atoms with Crippen LogP contribution >= 0.6 is 0 Å². The first kappa shape index (κ1) is 16.8. The van der Waals surface area contributed by atoms with Crippen LogP contribution in [0.25, 0.3) is 0 Å². The highest BCUT2D eigenvalue weighted by molar-refractivity contribution is 5.90. The average Bonchev–Trinajstić information content (AvgIpc) is 2.91. The van der Waals surface area contributed by atoms with Crippen molar-refractivity contribution in [1.29, 1.82) is 0 Å². The first-order chi connectivity index (χ1) is 11.7. The standard InChI is InChI=1S/C18H26N4O2/c23-17(21-12-5-9-19-10-13-21)15-6-4-11-22(14-15)18(24)20-16-7-2-1-3-8-16/h1-3,7-8,15,19H,4-6,9-14H2,(H,20,24). The van der Waals surface area contributed by atoms with E-state index in [-0.39, 0.29) is 17.9 Å². The number of amides is 3. The van der Waals surface area contributed by atoms with Crippen molar-refractivity contribution in [1.82, 2.24) is 15.1 Å². The summed E-state index contributed by atoms with van der Waals surface area (Å²) in [4.78, 5) is 29.0. The number of hydrogen-bond acceptors (Lipinski definition) is 3. The minimum absolute atomic E-state index is 0.0710. The summed E-state index contributed by atoms with van der Waals surface area (Å²) in [5, 5.41) is 6.23. The molecule has 1 unspecified atom stereocenters. The molecule has 0 saturated carbocycles. The maximum Gasteiger partial charge on any atom is 0.321 e. The number of nitrogens with zero attached hydrogens (tertiary/aromatic N) is 2. The van der Waals surface area contributed by atoms with E-state index in [9.17, 15) is 9.59 Å². The molecule has 1 aromatic rings. The van der Waals surface area contributed by atoms with Crippen LogP contribution < -0.4 is 10.6 Å². The van der Waals surface area contributed by atoms with Gasteiger partial charge in [-0.05, 0) is 37.9 Å². The molecule has 2 fully saturated rings. The SMILES string of the molecule is O=C(Nc1ccccc1)N1CCCC(C(=O)N2CCCNCC2)C1. The van der Waals surface area contributed by atoms with Gasteiger partial charge in [0.05, 0.1) is 5.92 Å². The van der Waals surface area contributed by atoms with Gasteiger partial charge in [-0.3, -0.25) is 4.79 Å². The van der Waals surface area contributed by atoms with Crippen LogP contribution in [0.5, 0.6) is 0 Å². The van der Waals surface area contributed by atoms with Gasteiger partial charge in [-0.25, -0.2) is 4.79 Å². The second-order valence-corrected chi connectivity index (χ2v) is 6.51. The monoisotopic (exact) mass is 330 g/mol. The topological polar surface area (TPSA) is 64.7 Å². The smallest absolute Gasteiger partial charge is 0.321 e. The third-order valence-corrected chi connectivity index (χ3v) is 4.73. The highest BCUT2D eigenvalue weighted by atomic mass is 16.2. The normalized spacial score (nSPS) is 21.9. The Morgan fingerprint density at radius 3 is 2.62 bits per heavy atom. The number of para-hydroxylation sites is 1. The lowest BCUT2D eigenvalue weighted by Crippen LogP contribution is -2.48. The Labute approximate surface area is 143 Å². The van der Waals surface area contributed by atoms with Gasteiger partial charge in [0, 0.05) is 38.4 Å². The fraction of sp³-hybridized carbons (Fsp3) is 0.556. The van der Waals surface area contributed by atoms with Crippen LogP contribution in [0.1, 0.15) is 19.3 Å². The Bertz CT molecular complexity index is 555. The number of carbonyl (C=O) groups is 2. The molecule has 3 rings (SSSR count). The molecule has 2 aliphatic heterocycles. The van der Waals surface area contributed by atoms with Crippen molar-refractivity contribution in [2.45, 2.75) is 19.3 Å². The molecule has 0 aliphatic carbocycles. The van der Waals surface area contributed by atoms with Crippen LogP contribution in [0.3, 0.4) is 0 Å².